The summed E-state index contributed by atoms with van der Waals surface area (Å²) in [6, 6.07) is 1.30. The van der Waals surface area contributed by atoms with Gasteiger partial charge in [-0.3, -0.25) is 4.90 Å². The molecule has 1 aliphatic rings. The first-order chi connectivity index (χ1) is 9.72. The average molecular weight is 286 g/mol. The van der Waals surface area contributed by atoms with Gasteiger partial charge in [-0.25, -0.2) is 0 Å². The second kappa shape index (κ2) is 10.6. The third-order valence-corrected chi connectivity index (χ3v) is 4.53. The Labute approximate surface area is 125 Å². The molecule has 0 aliphatic carbocycles. The molecule has 3 atom stereocenters. The molecule has 1 fully saturated rings. The topological polar surface area (TPSA) is 33.7 Å². The zero-order valence-corrected chi connectivity index (χ0v) is 13.9. The van der Waals surface area contributed by atoms with E-state index in [9.17, 15) is 0 Å². The molecule has 1 rings (SSSR count). The molecule has 0 aromatic carbocycles. The maximum atomic E-state index is 5.71. The molecule has 0 aromatic heterocycles. The molecule has 1 heterocycles. The van der Waals surface area contributed by atoms with E-state index in [0.29, 0.717) is 12.1 Å². The first-order valence-corrected chi connectivity index (χ1v) is 8.27. The van der Waals surface area contributed by atoms with Gasteiger partial charge in [0, 0.05) is 52.0 Å². The number of hydrogen-bond acceptors (Lipinski definition) is 4. The quantitative estimate of drug-likeness (QED) is 0.624. The Hall–Kier alpha value is -0.160. The van der Waals surface area contributed by atoms with Crippen LogP contribution in [0.2, 0.25) is 0 Å². The normalized spacial score (nSPS) is 25.8. The standard InChI is InChI=1S/C16H34N2O2/c1-5-14(3)16-13-18(15(6-2)12-17-16)8-11-20-10-7-9-19-4/h14-17H,5-13H2,1-4H3. The number of rotatable bonds is 10. The molecule has 0 spiro atoms. The van der Waals surface area contributed by atoms with E-state index >= 15 is 0 Å². The zero-order valence-electron chi connectivity index (χ0n) is 13.9. The van der Waals surface area contributed by atoms with Gasteiger partial charge >= 0.3 is 0 Å². The fraction of sp³-hybridized carbons (Fsp3) is 1.00. The van der Waals surface area contributed by atoms with Crippen molar-refractivity contribution in [1.29, 1.82) is 0 Å². The van der Waals surface area contributed by atoms with Gasteiger partial charge in [0.25, 0.3) is 0 Å². The second-order valence-electron chi connectivity index (χ2n) is 5.92. The van der Waals surface area contributed by atoms with Crippen LogP contribution in [0.3, 0.4) is 0 Å². The van der Waals surface area contributed by atoms with Gasteiger partial charge in [0.2, 0.25) is 0 Å². The van der Waals surface area contributed by atoms with E-state index in [1.807, 2.05) is 0 Å². The lowest BCUT2D eigenvalue weighted by Crippen LogP contribution is -2.58. The molecule has 0 radical (unpaired) electrons. The maximum Gasteiger partial charge on any atom is 0.0593 e. The van der Waals surface area contributed by atoms with Gasteiger partial charge < -0.3 is 14.8 Å². The van der Waals surface area contributed by atoms with Crippen molar-refractivity contribution in [2.24, 2.45) is 5.92 Å². The summed E-state index contributed by atoms with van der Waals surface area (Å²) in [5.74, 6) is 0.748. The van der Waals surface area contributed by atoms with E-state index in [4.69, 9.17) is 9.47 Å². The van der Waals surface area contributed by atoms with Crippen LogP contribution in [0.1, 0.15) is 40.0 Å². The highest BCUT2D eigenvalue weighted by molar-refractivity contribution is 4.87. The van der Waals surface area contributed by atoms with Gasteiger partial charge in [-0.05, 0) is 18.8 Å². The van der Waals surface area contributed by atoms with Crippen LogP contribution in [0.4, 0.5) is 0 Å². The molecule has 4 nitrogen and oxygen atoms in total. The fourth-order valence-electron chi connectivity index (χ4n) is 2.81. The monoisotopic (exact) mass is 286 g/mol. The molecular weight excluding hydrogens is 252 g/mol. The van der Waals surface area contributed by atoms with E-state index in [1.54, 1.807) is 7.11 Å². The van der Waals surface area contributed by atoms with Gasteiger partial charge in [0.15, 0.2) is 0 Å². The SMILES string of the molecule is CCC(C)C1CN(CCOCCCOC)C(CC)CN1. The Balaban J connectivity index is 2.27. The summed E-state index contributed by atoms with van der Waals surface area (Å²) in [7, 11) is 1.74. The molecule has 1 saturated heterocycles. The van der Waals surface area contributed by atoms with Gasteiger partial charge in [0.05, 0.1) is 6.61 Å². The van der Waals surface area contributed by atoms with Crippen LogP contribution in [0.5, 0.6) is 0 Å². The molecule has 0 bridgehead atoms. The smallest absolute Gasteiger partial charge is 0.0593 e. The molecule has 3 unspecified atom stereocenters. The van der Waals surface area contributed by atoms with Crippen molar-refractivity contribution in [2.45, 2.75) is 52.1 Å². The van der Waals surface area contributed by atoms with Crippen LogP contribution >= 0.6 is 0 Å². The van der Waals surface area contributed by atoms with Crippen molar-refractivity contribution in [3.63, 3.8) is 0 Å². The summed E-state index contributed by atoms with van der Waals surface area (Å²) < 4.78 is 10.7. The predicted molar refractivity (Wildman–Crippen MR) is 84.2 cm³/mol. The van der Waals surface area contributed by atoms with E-state index in [0.717, 1.165) is 51.8 Å². The Morgan fingerprint density at radius 2 is 2.05 bits per heavy atom. The van der Waals surface area contributed by atoms with Crippen LogP contribution in [0.15, 0.2) is 0 Å². The molecule has 1 N–H and O–H groups in total. The summed E-state index contributed by atoms with van der Waals surface area (Å²) in [4.78, 5) is 2.61. The van der Waals surface area contributed by atoms with E-state index < -0.39 is 0 Å². The lowest BCUT2D eigenvalue weighted by Gasteiger charge is -2.42. The van der Waals surface area contributed by atoms with Crippen molar-refractivity contribution in [3.05, 3.63) is 0 Å². The second-order valence-corrected chi connectivity index (χ2v) is 5.92. The number of nitrogens with zero attached hydrogens (tertiary/aromatic N) is 1. The predicted octanol–water partition coefficient (Wildman–Crippen LogP) is 2.14. The first-order valence-electron chi connectivity index (χ1n) is 8.27. The highest BCUT2D eigenvalue weighted by atomic mass is 16.5. The number of ether oxygens (including phenoxy) is 2. The number of piperazine rings is 1. The largest absolute Gasteiger partial charge is 0.385 e. The average Bonchev–Trinajstić information content (AvgIpc) is 2.49. The molecule has 20 heavy (non-hydrogen) atoms. The van der Waals surface area contributed by atoms with E-state index in [1.165, 1.54) is 12.8 Å². The van der Waals surface area contributed by atoms with Crippen LogP contribution in [0.25, 0.3) is 0 Å². The molecular formula is C16H34N2O2. The summed E-state index contributed by atoms with van der Waals surface area (Å²) in [5.41, 5.74) is 0. The number of hydrogen-bond donors (Lipinski definition) is 1. The van der Waals surface area contributed by atoms with Gasteiger partial charge in [-0.1, -0.05) is 27.2 Å². The Morgan fingerprint density at radius 3 is 2.70 bits per heavy atom. The Kier molecular flexibility index (Phi) is 9.44. The molecule has 0 amide bonds. The lowest BCUT2D eigenvalue weighted by molar-refractivity contribution is 0.0489. The number of methoxy groups -OCH3 is 1. The van der Waals surface area contributed by atoms with Crippen molar-refractivity contribution in [1.82, 2.24) is 10.2 Å². The molecule has 120 valence electrons. The van der Waals surface area contributed by atoms with Crippen LogP contribution in [-0.4, -0.2) is 63.5 Å². The van der Waals surface area contributed by atoms with Crippen LogP contribution in [-0.2, 0) is 9.47 Å². The van der Waals surface area contributed by atoms with E-state index in [2.05, 4.69) is 31.0 Å². The van der Waals surface area contributed by atoms with E-state index in [-0.39, 0.29) is 0 Å². The Morgan fingerprint density at radius 1 is 1.25 bits per heavy atom. The van der Waals surface area contributed by atoms with Crippen molar-refractivity contribution < 1.29 is 9.47 Å². The highest BCUT2D eigenvalue weighted by Gasteiger charge is 2.28. The minimum absolute atomic E-state index is 0.635. The fourth-order valence-corrected chi connectivity index (χ4v) is 2.81. The summed E-state index contributed by atoms with van der Waals surface area (Å²) in [6.45, 7) is 12.7. The van der Waals surface area contributed by atoms with Crippen LogP contribution in [0, 0.1) is 5.92 Å². The molecule has 4 heteroatoms. The maximum absolute atomic E-state index is 5.71. The number of nitrogens with one attached hydrogen (secondary N) is 1. The highest BCUT2D eigenvalue weighted by Crippen LogP contribution is 2.16. The third-order valence-electron chi connectivity index (χ3n) is 4.53. The Bertz CT molecular complexity index is 239. The molecule has 1 aliphatic heterocycles. The zero-order chi connectivity index (χ0) is 14.8. The summed E-state index contributed by atoms with van der Waals surface area (Å²) in [6.07, 6.45) is 3.45. The van der Waals surface area contributed by atoms with Crippen molar-refractivity contribution >= 4 is 0 Å². The summed E-state index contributed by atoms with van der Waals surface area (Å²) in [5, 5.41) is 3.72. The minimum Gasteiger partial charge on any atom is -0.385 e. The van der Waals surface area contributed by atoms with Gasteiger partial charge in [-0.2, -0.15) is 0 Å². The first kappa shape index (κ1) is 17.9. The molecule has 0 aromatic rings. The molecule has 0 saturated carbocycles. The van der Waals surface area contributed by atoms with Gasteiger partial charge in [-0.15, -0.1) is 0 Å². The van der Waals surface area contributed by atoms with Gasteiger partial charge in [0.1, 0.15) is 0 Å². The summed E-state index contributed by atoms with van der Waals surface area (Å²) >= 11 is 0. The minimum atomic E-state index is 0.635. The lowest BCUT2D eigenvalue weighted by atomic mass is 9.95. The van der Waals surface area contributed by atoms with Crippen molar-refractivity contribution in [3.8, 4) is 0 Å². The van der Waals surface area contributed by atoms with Crippen LogP contribution < -0.4 is 5.32 Å². The van der Waals surface area contributed by atoms with Crippen molar-refractivity contribution in [2.75, 3.05) is 46.6 Å². The third kappa shape index (κ3) is 6.08.